The summed E-state index contributed by atoms with van der Waals surface area (Å²) in [4.78, 5) is 33.0. The van der Waals surface area contributed by atoms with Gasteiger partial charge in [-0.05, 0) is 50.6 Å². The second kappa shape index (κ2) is 10.5. The van der Waals surface area contributed by atoms with Crippen molar-refractivity contribution in [3.8, 4) is 0 Å². The minimum absolute atomic E-state index is 0.0637. The van der Waals surface area contributed by atoms with Crippen LogP contribution in [0.5, 0.6) is 0 Å². The van der Waals surface area contributed by atoms with Crippen LogP contribution in [0.4, 0.5) is 5.69 Å². The number of nitrogens with zero attached hydrogens (tertiary/aromatic N) is 2. The Morgan fingerprint density at radius 1 is 1.06 bits per heavy atom. The number of hydrogen-bond donors (Lipinski definition) is 2. The van der Waals surface area contributed by atoms with Gasteiger partial charge in [-0.25, -0.2) is 4.98 Å². The maximum Gasteiger partial charge on any atom is 0.251 e. The number of carbonyl (C=O) groups is 2. The largest absolute Gasteiger partial charge is 0.340 e. The number of benzene rings is 2. The van der Waals surface area contributed by atoms with Crippen LogP contribution >= 0.6 is 11.3 Å². The van der Waals surface area contributed by atoms with Crippen molar-refractivity contribution in [2.45, 2.75) is 32.4 Å². The van der Waals surface area contributed by atoms with E-state index in [1.807, 2.05) is 67.6 Å². The molecule has 1 aliphatic heterocycles. The molecule has 6 nitrogen and oxygen atoms in total. The van der Waals surface area contributed by atoms with E-state index in [1.54, 1.807) is 11.3 Å². The molecule has 2 aromatic carbocycles. The lowest BCUT2D eigenvalue weighted by atomic mass is 9.94. The van der Waals surface area contributed by atoms with Crippen LogP contribution < -0.4 is 10.6 Å². The third-order valence-corrected chi connectivity index (χ3v) is 6.56. The Balaban J connectivity index is 1.37. The van der Waals surface area contributed by atoms with Crippen LogP contribution in [-0.4, -0.2) is 34.8 Å². The normalized spacial score (nSPS) is 15.8. The van der Waals surface area contributed by atoms with Crippen LogP contribution in [0.25, 0.3) is 0 Å². The fourth-order valence-corrected chi connectivity index (χ4v) is 4.61. The third kappa shape index (κ3) is 5.81. The van der Waals surface area contributed by atoms with E-state index in [2.05, 4.69) is 25.9 Å². The molecule has 7 heteroatoms. The Morgan fingerprint density at radius 2 is 1.72 bits per heavy atom. The number of hydrogen-bond acceptors (Lipinski definition) is 5. The molecule has 166 valence electrons. The molecule has 2 N–H and O–H groups in total. The van der Waals surface area contributed by atoms with Gasteiger partial charge in [-0.1, -0.05) is 48.5 Å². The molecule has 1 unspecified atom stereocenters. The molecule has 4 rings (SSSR count). The summed E-state index contributed by atoms with van der Waals surface area (Å²) < 4.78 is 0. The summed E-state index contributed by atoms with van der Waals surface area (Å²) in [6, 6.07) is 18.0. The topological polar surface area (TPSA) is 74.3 Å². The quantitative estimate of drug-likeness (QED) is 0.569. The van der Waals surface area contributed by atoms with Crippen molar-refractivity contribution < 1.29 is 9.59 Å². The fourth-order valence-electron chi connectivity index (χ4n) is 4.00. The van der Waals surface area contributed by atoms with Gasteiger partial charge in [0.05, 0.1) is 10.7 Å². The molecule has 0 radical (unpaired) electrons. The summed E-state index contributed by atoms with van der Waals surface area (Å²) in [7, 11) is 0. The molecule has 2 amide bonds. The number of thiazole rings is 1. The Morgan fingerprint density at radius 3 is 2.34 bits per heavy atom. The molecule has 1 aliphatic rings. The van der Waals surface area contributed by atoms with Gasteiger partial charge < -0.3 is 10.6 Å². The van der Waals surface area contributed by atoms with Gasteiger partial charge in [0.2, 0.25) is 5.91 Å². The number of piperidine rings is 1. The van der Waals surface area contributed by atoms with E-state index in [9.17, 15) is 9.59 Å². The van der Waals surface area contributed by atoms with Crippen LogP contribution in [-0.2, 0) is 16.1 Å². The first-order valence-corrected chi connectivity index (χ1v) is 11.8. The Hall–Kier alpha value is -3.03. The number of amides is 2. The lowest BCUT2D eigenvalue weighted by Crippen LogP contribution is -2.44. The Kier molecular flexibility index (Phi) is 7.29. The van der Waals surface area contributed by atoms with Gasteiger partial charge >= 0.3 is 0 Å². The summed E-state index contributed by atoms with van der Waals surface area (Å²) in [6.07, 6.45) is 1.55. The molecule has 0 saturated carbocycles. The number of likely N-dealkylation sites (tertiary alicyclic amines) is 1. The van der Waals surface area contributed by atoms with Crippen LogP contribution in [0.15, 0.2) is 66.0 Å². The third-order valence-electron chi connectivity index (χ3n) is 5.73. The van der Waals surface area contributed by atoms with Gasteiger partial charge in [-0.3, -0.25) is 14.5 Å². The lowest BCUT2D eigenvalue weighted by molar-refractivity contribution is -0.130. The van der Waals surface area contributed by atoms with Crippen LogP contribution in [0.3, 0.4) is 0 Å². The minimum Gasteiger partial charge on any atom is -0.340 e. The van der Waals surface area contributed by atoms with Gasteiger partial charge in [0.15, 0.2) is 0 Å². The van der Waals surface area contributed by atoms with Crippen molar-refractivity contribution >= 4 is 28.8 Å². The average Bonchev–Trinajstić information content (AvgIpc) is 3.23. The molecule has 0 spiro atoms. The SMILES string of the molecule is Cc1nc(CN2CCC(C(=O)NC(C(=O)Nc3ccccc3)c3ccccc3)CC2)cs1. The molecule has 32 heavy (non-hydrogen) atoms. The predicted octanol–water partition coefficient (Wildman–Crippen LogP) is 4.16. The zero-order valence-electron chi connectivity index (χ0n) is 18.2. The molecule has 3 aromatic rings. The van der Waals surface area contributed by atoms with Gasteiger partial charge in [-0.15, -0.1) is 11.3 Å². The second-order valence-electron chi connectivity index (χ2n) is 8.12. The van der Waals surface area contributed by atoms with Crippen molar-refractivity contribution in [1.82, 2.24) is 15.2 Å². The highest BCUT2D eigenvalue weighted by molar-refractivity contribution is 7.09. The number of anilines is 1. The van der Waals surface area contributed by atoms with Gasteiger partial charge in [0.25, 0.3) is 5.91 Å². The van der Waals surface area contributed by atoms with E-state index in [-0.39, 0.29) is 17.7 Å². The standard InChI is InChI=1S/C25H28N4O2S/c1-18-26-22(17-32-18)16-29-14-12-20(13-15-29)24(30)28-23(19-8-4-2-5-9-19)25(31)27-21-10-6-3-7-11-21/h2-11,17,20,23H,12-16H2,1H3,(H,27,31)(H,28,30). The number of aromatic nitrogens is 1. The van der Waals surface area contributed by atoms with Crippen LogP contribution in [0.2, 0.25) is 0 Å². The molecule has 1 atom stereocenters. The molecule has 0 aliphatic carbocycles. The van der Waals surface area contributed by atoms with Crippen molar-refractivity contribution in [2.24, 2.45) is 5.92 Å². The minimum atomic E-state index is -0.736. The molecule has 1 saturated heterocycles. The first-order chi connectivity index (χ1) is 15.6. The van der Waals surface area contributed by atoms with E-state index in [1.165, 1.54) is 0 Å². The summed E-state index contributed by atoms with van der Waals surface area (Å²) in [5.74, 6) is -0.405. The highest BCUT2D eigenvalue weighted by Crippen LogP contribution is 2.22. The predicted molar refractivity (Wildman–Crippen MR) is 127 cm³/mol. The van der Waals surface area contributed by atoms with E-state index in [0.717, 1.165) is 48.7 Å². The van der Waals surface area contributed by atoms with Crippen molar-refractivity contribution in [2.75, 3.05) is 18.4 Å². The Labute approximate surface area is 192 Å². The van der Waals surface area contributed by atoms with E-state index in [4.69, 9.17) is 0 Å². The number of nitrogens with one attached hydrogen (secondary N) is 2. The molecule has 2 heterocycles. The number of aryl methyl sites for hydroxylation is 1. The molecule has 1 fully saturated rings. The van der Waals surface area contributed by atoms with Crippen LogP contribution in [0.1, 0.15) is 35.1 Å². The molecular weight excluding hydrogens is 420 g/mol. The van der Waals surface area contributed by atoms with Gasteiger partial charge in [0, 0.05) is 23.5 Å². The van der Waals surface area contributed by atoms with Crippen molar-refractivity contribution in [1.29, 1.82) is 0 Å². The molecule has 1 aromatic heterocycles. The maximum atomic E-state index is 13.1. The zero-order chi connectivity index (χ0) is 22.3. The molecular formula is C25H28N4O2S. The monoisotopic (exact) mass is 448 g/mol. The first kappa shape index (κ1) is 22.2. The number of carbonyl (C=O) groups excluding carboxylic acids is 2. The first-order valence-electron chi connectivity index (χ1n) is 10.9. The lowest BCUT2D eigenvalue weighted by Gasteiger charge is -2.31. The van der Waals surface area contributed by atoms with E-state index < -0.39 is 6.04 Å². The molecule has 0 bridgehead atoms. The summed E-state index contributed by atoms with van der Waals surface area (Å²) in [5.41, 5.74) is 2.57. The fraction of sp³-hybridized carbons (Fsp3) is 0.320. The smallest absolute Gasteiger partial charge is 0.251 e. The Bertz CT molecular complexity index is 1030. The van der Waals surface area contributed by atoms with E-state index >= 15 is 0 Å². The zero-order valence-corrected chi connectivity index (χ0v) is 19.0. The van der Waals surface area contributed by atoms with Crippen molar-refractivity contribution in [3.63, 3.8) is 0 Å². The highest BCUT2D eigenvalue weighted by Gasteiger charge is 2.29. The number of para-hydroxylation sites is 1. The second-order valence-corrected chi connectivity index (χ2v) is 9.18. The average molecular weight is 449 g/mol. The maximum absolute atomic E-state index is 13.1. The summed E-state index contributed by atoms with van der Waals surface area (Å²) in [5, 5.41) is 9.11. The van der Waals surface area contributed by atoms with Gasteiger partial charge in [-0.2, -0.15) is 0 Å². The summed E-state index contributed by atoms with van der Waals surface area (Å²) >= 11 is 1.67. The number of rotatable bonds is 7. The van der Waals surface area contributed by atoms with Crippen molar-refractivity contribution in [3.05, 3.63) is 82.3 Å². The highest BCUT2D eigenvalue weighted by atomic mass is 32.1. The van der Waals surface area contributed by atoms with E-state index in [0.29, 0.717) is 5.69 Å². The summed E-state index contributed by atoms with van der Waals surface area (Å²) in [6.45, 7) is 4.54. The van der Waals surface area contributed by atoms with Crippen LogP contribution in [0, 0.1) is 12.8 Å². The van der Waals surface area contributed by atoms with Gasteiger partial charge in [0.1, 0.15) is 6.04 Å².